The molecule has 118 valence electrons. The van der Waals surface area contributed by atoms with E-state index in [0.717, 1.165) is 31.4 Å². The minimum atomic E-state index is -0.271. The number of amides is 1. The van der Waals surface area contributed by atoms with E-state index in [0.29, 0.717) is 17.8 Å². The summed E-state index contributed by atoms with van der Waals surface area (Å²) in [5.41, 5.74) is 5.57. The van der Waals surface area contributed by atoms with Crippen molar-refractivity contribution in [3.63, 3.8) is 0 Å². The van der Waals surface area contributed by atoms with Gasteiger partial charge in [0.1, 0.15) is 6.10 Å². The summed E-state index contributed by atoms with van der Waals surface area (Å²) in [6.07, 6.45) is 6.26. The highest BCUT2D eigenvalue weighted by Gasteiger charge is 2.32. The molecule has 0 radical (unpaired) electrons. The lowest BCUT2D eigenvalue weighted by atomic mass is 9.94. The molecule has 6 heteroatoms. The molecule has 20 heavy (non-hydrogen) atoms. The monoisotopic (exact) mass is 322 g/mol. The third kappa shape index (κ3) is 5.10. The number of nitrogens with two attached hydrogens (primary N) is 1. The molecule has 0 aromatic carbocycles. The normalized spacial score (nSPS) is 33.5. The summed E-state index contributed by atoms with van der Waals surface area (Å²) in [6.45, 7) is 2.72. The first-order valence-electron chi connectivity index (χ1n) is 7.50. The first kappa shape index (κ1) is 18.1. The Kier molecular flexibility index (Phi) is 8.25. The highest BCUT2D eigenvalue weighted by molar-refractivity contribution is 7.99. The number of carbonyl (C=O) groups excluding carboxylic acids is 1. The predicted molar refractivity (Wildman–Crippen MR) is 86.5 cm³/mol. The van der Waals surface area contributed by atoms with Crippen LogP contribution in [-0.4, -0.2) is 41.7 Å². The fraction of sp³-hybridized carbons (Fsp3) is 0.929. The Bertz CT molecular complexity index is 305. The van der Waals surface area contributed by atoms with Crippen molar-refractivity contribution in [2.75, 3.05) is 12.3 Å². The van der Waals surface area contributed by atoms with Gasteiger partial charge >= 0.3 is 0 Å². The van der Waals surface area contributed by atoms with Gasteiger partial charge < -0.3 is 15.8 Å². The van der Waals surface area contributed by atoms with Gasteiger partial charge in [-0.05, 0) is 37.9 Å². The van der Waals surface area contributed by atoms with Crippen LogP contribution in [0.4, 0.5) is 0 Å². The summed E-state index contributed by atoms with van der Waals surface area (Å²) in [6, 6.07) is 0.339. The van der Waals surface area contributed by atoms with Crippen molar-refractivity contribution in [3.05, 3.63) is 0 Å². The van der Waals surface area contributed by atoms with Gasteiger partial charge in [0, 0.05) is 17.8 Å². The van der Waals surface area contributed by atoms with Gasteiger partial charge in [-0.2, -0.15) is 11.8 Å². The summed E-state index contributed by atoms with van der Waals surface area (Å²) in [5.74, 6) is 1.23. The minimum Gasteiger partial charge on any atom is -0.364 e. The van der Waals surface area contributed by atoms with Gasteiger partial charge in [-0.15, -0.1) is 12.4 Å². The second kappa shape index (κ2) is 9.13. The summed E-state index contributed by atoms with van der Waals surface area (Å²) in [5, 5.41) is 3.89. The average Bonchev–Trinajstić information content (AvgIpc) is 2.88. The van der Waals surface area contributed by atoms with Crippen LogP contribution in [0.15, 0.2) is 0 Å². The lowest BCUT2D eigenvalue weighted by molar-refractivity contribution is -0.132. The summed E-state index contributed by atoms with van der Waals surface area (Å²) in [7, 11) is 0. The number of thioether (sulfide) groups is 1. The van der Waals surface area contributed by atoms with Crippen molar-refractivity contribution < 1.29 is 9.53 Å². The Hall–Kier alpha value is 0.0300. The van der Waals surface area contributed by atoms with Gasteiger partial charge in [-0.25, -0.2) is 0 Å². The lowest BCUT2D eigenvalue weighted by Gasteiger charge is -2.30. The molecule has 2 unspecified atom stereocenters. The molecule has 3 N–H and O–H groups in total. The Morgan fingerprint density at radius 2 is 2.15 bits per heavy atom. The molecule has 4 atom stereocenters. The van der Waals surface area contributed by atoms with Crippen LogP contribution in [0.25, 0.3) is 0 Å². The SMILES string of the molecule is CCSC1CCCC(NC(=O)[C@@H]2CC[C@H](CN)O2)C1.Cl. The highest BCUT2D eigenvalue weighted by atomic mass is 35.5. The number of rotatable bonds is 5. The Morgan fingerprint density at radius 3 is 2.80 bits per heavy atom. The van der Waals surface area contributed by atoms with Gasteiger partial charge in [0.05, 0.1) is 6.10 Å². The topological polar surface area (TPSA) is 64.4 Å². The second-order valence-electron chi connectivity index (χ2n) is 5.51. The van der Waals surface area contributed by atoms with E-state index in [1.165, 1.54) is 12.8 Å². The first-order valence-corrected chi connectivity index (χ1v) is 8.55. The van der Waals surface area contributed by atoms with Gasteiger partial charge in [0.15, 0.2) is 0 Å². The molecule has 1 saturated heterocycles. The zero-order valence-corrected chi connectivity index (χ0v) is 13.8. The average molecular weight is 323 g/mol. The Morgan fingerprint density at radius 1 is 1.35 bits per heavy atom. The van der Waals surface area contributed by atoms with E-state index in [4.69, 9.17) is 10.5 Å². The fourth-order valence-corrected chi connectivity index (χ4v) is 4.20. The van der Waals surface area contributed by atoms with Crippen LogP contribution in [0.1, 0.15) is 45.4 Å². The van der Waals surface area contributed by atoms with Gasteiger partial charge in [-0.3, -0.25) is 4.79 Å². The predicted octanol–water partition coefficient (Wildman–Crippen LogP) is 2.10. The number of hydrogen-bond acceptors (Lipinski definition) is 4. The van der Waals surface area contributed by atoms with Crippen LogP contribution in [0.2, 0.25) is 0 Å². The zero-order valence-electron chi connectivity index (χ0n) is 12.2. The van der Waals surface area contributed by atoms with Crippen molar-refractivity contribution in [2.24, 2.45) is 5.73 Å². The standard InChI is InChI=1S/C14H26N2O2S.ClH/c1-2-19-12-5-3-4-10(8-12)16-14(17)13-7-6-11(9-15)18-13;/h10-13H,2-9,15H2,1H3,(H,16,17);1H/t10?,11-,12?,13+;/m1./s1. The van der Waals surface area contributed by atoms with Gasteiger partial charge in [-0.1, -0.05) is 13.3 Å². The zero-order chi connectivity index (χ0) is 13.7. The van der Waals surface area contributed by atoms with Crippen LogP contribution in [0, 0.1) is 0 Å². The van der Waals surface area contributed by atoms with Crippen molar-refractivity contribution in [3.8, 4) is 0 Å². The molecule has 1 amide bonds. The minimum absolute atomic E-state index is 0. The maximum Gasteiger partial charge on any atom is 0.249 e. The van der Waals surface area contributed by atoms with Crippen LogP contribution >= 0.6 is 24.2 Å². The lowest BCUT2D eigenvalue weighted by Crippen LogP contribution is -2.44. The van der Waals surface area contributed by atoms with E-state index in [2.05, 4.69) is 12.2 Å². The van der Waals surface area contributed by atoms with Crippen LogP contribution in [0.3, 0.4) is 0 Å². The summed E-state index contributed by atoms with van der Waals surface area (Å²) in [4.78, 5) is 12.2. The molecule has 1 aliphatic heterocycles. The molecule has 2 rings (SSSR count). The van der Waals surface area contributed by atoms with Crippen molar-refractivity contribution in [1.82, 2.24) is 5.32 Å². The number of carbonyl (C=O) groups is 1. The van der Waals surface area contributed by atoms with Crippen LogP contribution in [0.5, 0.6) is 0 Å². The van der Waals surface area contributed by atoms with E-state index in [9.17, 15) is 4.79 Å². The summed E-state index contributed by atoms with van der Waals surface area (Å²) < 4.78 is 5.65. The maximum atomic E-state index is 12.2. The summed E-state index contributed by atoms with van der Waals surface area (Å²) >= 11 is 2.02. The van der Waals surface area contributed by atoms with Crippen LogP contribution in [-0.2, 0) is 9.53 Å². The van der Waals surface area contributed by atoms with E-state index in [-0.39, 0.29) is 30.5 Å². The smallest absolute Gasteiger partial charge is 0.249 e. The highest BCUT2D eigenvalue weighted by Crippen LogP contribution is 2.29. The molecular weight excluding hydrogens is 296 g/mol. The van der Waals surface area contributed by atoms with Crippen molar-refractivity contribution in [1.29, 1.82) is 0 Å². The first-order chi connectivity index (χ1) is 9.22. The quantitative estimate of drug-likeness (QED) is 0.813. The molecule has 0 aromatic heterocycles. The Balaban J connectivity index is 0.00000200. The van der Waals surface area contributed by atoms with Crippen molar-refractivity contribution >= 4 is 30.1 Å². The van der Waals surface area contributed by atoms with E-state index >= 15 is 0 Å². The van der Waals surface area contributed by atoms with Crippen LogP contribution < -0.4 is 11.1 Å². The van der Waals surface area contributed by atoms with E-state index < -0.39 is 0 Å². The molecule has 1 saturated carbocycles. The number of halogens is 1. The van der Waals surface area contributed by atoms with Gasteiger partial charge in [0.25, 0.3) is 0 Å². The maximum absolute atomic E-state index is 12.2. The molecule has 0 bridgehead atoms. The third-order valence-corrected chi connectivity index (χ3v) is 5.27. The third-order valence-electron chi connectivity index (χ3n) is 4.04. The fourth-order valence-electron chi connectivity index (χ4n) is 3.03. The number of hydrogen-bond donors (Lipinski definition) is 2. The second-order valence-corrected chi connectivity index (χ2v) is 7.09. The number of nitrogens with one attached hydrogen (secondary N) is 1. The number of ether oxygens (including phenoxy) is 1. The molecule has 0 aromatic rings. The molecule has 1 aliphatic carbocycles. The Labute approximate surface area is 132 Å². The largest absolute Gasteiger partial charge is 0.364 e. The van der Waals surface area contributed by atoms with Gasteiger partial charge in [0.2, 0.25) is 5.91 Å². The molecule has 1 heterocycles. The molecule has 2 fully saturated rings. The van der Waals surface area contributed by atoms with Crippen molar-refractivity contribution in [2.45, 2.75) is 68.9 Å². The van der Waals surface area contributed by atoms with E-state index in [1.54, 1.807) is 0 Å². The molecule has 0 spiro atoms. The molecular formula is C14H27ClN2O2S. The van der Waals surface area contributed by atoms with E-state index in [1.807, 2.05) is 11.8 Å². The molecule has 4 nitrogen and oxygen atoms in total. The molecule has 2 aliphatic rings.